The molecule has 0 fully saturated rings. The van der Waals surface area contributed by atoms with Crippen LogP contribution < -0.4 is 5.56 Å². The van der Waals surface area contributed by atoms with Gasteiger partial charge in [-0.2, -0.15) is 0 Å². The first kappa shape index (κ1) is 14.7. The van der Waals surface area contributed by atoms with E-state index in [0.29, 0.717) is 18.4 Å². The van der Waals surface area contributed by atoms with Crippen molar-refractivity contribution in [2.45, 2.75) is 35.2 Å². The monoisotopic (exact) mass is 298 g/mol. The first-order valence-corrected chi connectivity index (χ1v) is 8.07. The molecule has 0 aliphatic carbocycles. The van der Waals surface area contributed by atoms with Gasteiger partial charge in [-0.1, -0.05) is 24.8 Å². The van der Waals surface area contributed by atoms with Crippen LogP contribution in [0, 0.1) is 0 Å². The van der Waals surface area contributed by atoms with Gasteiger partial charge in [0, 0.05) is 24.5 Å². The first-order chi connectivity index (χ1) is 9.17. The quantitative estimate of drug-likeness (QED) is 0.458. The van der Waals surface area contributed by atoms with Gasteiger partial charge in [0.15, 0.2) is 5.16 Å². The molecule has 104 valence electrons. The maximum absolute atomic E-state index is 12.5. The summed E-state index contributed by atoms with van der Waals surface area (Å²) in [4.78, 5) is 18.0. The molecule has 1 aliphatic heterocycles. The highest BCUT2D eigenvalue weighted by Gasteiger charge is 2.25. The molecule has 4 nitrogen and oxygen atoms in total. The van der Waals surface area contributed by atoms with Crippen LogP contribution in [0.1, 0.15) is 12.6 Å². The lowest BCUT2D eigenvalue weighted by molar-refractivity contribution is 0.182. The number of fused-ring (bicyclic) bond motifs is 1. The van der Waals surface area contributed by atoms with Crippen molar-refractivity contribution in [2.24, 2.45) is 0 Å². The highest BCUT2D eigenvalue weighted by atomic mass is 32.2. The number of aromatic nitrogens is 2. The zero-order valence-corrected chi connectivity index (χ0v) is 12.9. The van der Waals surface area contributed by atoms with Crippen LogP contribution in [0.2, 0.25) is 0 Å². The number of hydrogen-bond donors (Lipinski definition) is 0. The van der Waals surface area contributed by atoms with Gasteiger partial charge in [-0.05, 0) is 0 Å². The van der Waals surface area contributed by atoms with E-state index in [9.17, 15) is 4.79 Å². The number of methoxy groups -OCH3 is 1. The minimum absolute atomic E-state index is 0.0722. The van der Waals surface area contributed by atoms with Gasteiger partial charge < -0.3 is 4.74 Å². The van der Waals surface area contributed by atoms with Crippen LogP contribution in [-0.4, -0.2) is 34.3 Å². The third-order valence-electron chi connectivity index (χ3n) is 2.81. The van der Waals surface area contributed by atoms with Crippen LogP contribution in [0.15, 0.2) is 27.5 Å². The highest BCUT2D eigenvalue weighted by molar-refractivity contribution is 8.00. The maximum atomic E-state index is 12.5. The zero-order chi connectivity index (χ0) is 13.8. The fourth-order valence-electron chi connectivity index (χ4n) is 1.95. The molecule has 0 N–H and O–H groups in total. The van der Waals surface area contributed by atoms with Gasteiger partial charge in [0.25, 0.3) is 5.56 Å². The Morgan fingerprint density at radius 3 is 3.16 bits per heavy atom. The number of thioether (sulfide) groups is 2. The number of rotatable bonds is 6. The Labute approximate surface area is 121 Å². The second-order valence-electron chi connectivity index (χ2n) is 4.35. The molecule has 1 unspecified atom stereocenters. The lowest BCUT2D eigenvalue weighted by atomic mass is 10.2. The lowest BCUT2D eigenvalue weighted by Crippen LogP contribution is -2.27. The van der Waals surface area contributed by atoms with Crippen molar-refractivity contribution >= 4 is 23.5 Å². The molecule has 2 heterocycles. The molecular weight excluding hydrogens is 280 g/mol. The Balaban J connectivity index is 2.40. The van der Waals surface area contributed by atoms with Crippen LogP contribution in [0.4, 0.5) is 0 Å². The summed E-state index contributed by atoms with van der Waals surface area (Å²) in [6.45, 7) is 6.90. The van der Waals surface area contributed by atoms with E-state index < -0.39 is 0 Å². The van der Waals surface area contributed by atoms with Gasteiger partial charge in [-0.15, -0.1) is 18.3 Å². The number of nitrogens with zero attached hydrogens (tertiary/aromatic N) is 2. The summed E-state index contributed by atoms with van der Waals surface area (Å²) in [6, 6.07) is 0. The van der Waals surface area contributed by atoms with Crippen molar-refractivity contribution in [1.82, 2.24) is 9.55 Å². The number of hydrogen-bond acceptors (Lipinski definition) is 5. The van der Waals surface area contributed by atoms with Crippen LogP contribution in [0.5, 0.6) is 0 Å². The maximum Gasteiger partial charge on any atom is 0.268 e. The molecule has 1 aromatic rings. The summed E-state index contributed by atoms with van der Waals surface area (Å²) in [7, 11) is 1.64. The van der Waals surface area contributed by atoms with E-state index in [1.165, 1.54) is 0 Å². The first-order valence-electron chi connectivity index (χ1n) is 6.20. The molecule has 1 atom stereocenters. The SMILES string of the molecule is C=CCSc1nc2c(c(=O)n1CCOC)SC(C)C2. The topological polar surface area (TPSA) is 44.1 Å². The van der Waals surface area contributed by atoms with Crippen molar-refractivity contribution in [3.05, 3.63) is 28.7 Å². The second-order valence-corrected chi connectivity index (χ2v) is 6.79. The molecule has 1 aliphatic rings. The van der Waals surface area contributed by atoms with Crippen molar-refractivity contribution in [2.75, 3.05) is 19.5 Å². The van der Waals surface area contributed by atoms with E-state index in [0.717, 1.165) is 27.9 Å². The van der Waals surface area contributed by atoms with Crippen molar-refractivity contribution < 1.29 is 4.74 Å². The Morgan fingerprint density at radius 1 is 1.68 bits per heavy atom. The molecule has 2 rings (SSSR count). The van der Waals surface area contributed by atoms with Gasteiger partial charge in [0.05, 0.1) is 23.7 Å². The molecule has 0 radical (unpaired) electrons. The van der Waals surface area contributed by atoms with Crippen molar-refractivity contribution in [1.29, 1.82) is 0 Å². The predicted molar refractivity (Wildman–Crippen MR) is 80.3 cm³/mol. The molecule has 1 aromatic heterocycles. The van der Waals surface area contributed by atoms with Crippen LogP contribution in [-0.2, 0) is 17.7 Å². The van der Waals surface area contributed by atoms with E-state index in [-0.39, 0.29) is 5.56 Å². The van der Waals surface area contributed by atoms with Gasteiger partial charge in [0.2, 0.25) is 0 Å². The van der Waals surface area contributed by atoms with E-state index in [1.54, 1.807) is 35.2 Å². The fraction of sp³-hybridized carbons (Fsp3) is 0.538. The van der Waals surface area contributed by atoms with E-state index in [1.807, 2.05) is 6.08 Å². The second kappa shape index (κ2) is 6.63. The van der Waals surface area contributed by atoms with Gasteiger partial charge in [-0.3, -0.25) is 9.36 Å². The third kappa shape index (κ3) is 3.24. The molecular formula is C13H18N2O2S2. The van der Waals surface area contributed by atoms with E-state index in [2.05, 4.69) is 18.5 Å². The Hall–Kier alpha value is -0.720. The molecule has 0 spiro atoms. The van der Waals surface area contributed by atoms with Gasteiger partial charge >= 0.3 is 0 Å². The summed E-state index contributed by atoms with van der Waals surface area (Å²) in [5, 5.41) is 1.21. The lowest BCUT2D eigenvalue weighted by Gasteiger charge is -2.12. The summed E-state index contributed by atoms with van der Waals surface area (Å²) >= 11 is 3.18. The molecule has 0 bridgehead atoms. The summed E-state index contributed by atoms with van der Waals surface area (Å²) in [5.41, 5.74) is 1.02. The Morgan fingerprint density at radius 2 is 2.47 bits per heavy atom. The summed E-state index contributed by atoms with van der Waals surface area (Å²) in [6.07, 6.45) is 2.70. The third-order valence-corrected chi connectivity index (χ3v) is 5.00. The molecule has 0 amide bonds. The molecule has 19 heavy (non-hydrogen) atoms. The van der Waals surface area contributed by atoms with Crippen LogP contribution in [0.25, 0.3) is 0 Å². The zero-order valence-electron chi connectivity index (χ0n) is 11.2. The highest BCUT2D eigenvalue weighted by Crippen LogP contribution is 2.34. The number of ether oxygens (including phenoxy) is 1. The van der Waals surface area contributed by atoms with Gasteiger partial charge in [0.1, 0.15) is 0 Å². The molecule has 0 saturated heterocycles. The fourth-order valence-corrected chi connectivity index (χ4v) is 3.85. The van der Waals surface area contributed by atoms with E-state index >= 15 is 0 Å². The normalized spacial score (nSPS) is 17.5. The average Bonchev–Trinajstić information content (AvgIpc) is 2.76. The Kier molecular flexibility index (Phi) is 5.13. The van der Waals surface area contributed by atoms with Crippen LogP contribution >= 0.6 is 23.5 Å². The summed E-state index contributed by atoms with van der Waals surface area (Å²) < 4.78 is 6.80. The largest absolute Gasteiger partial charge is 0.383 e. The molecule has 0 aromatic carbocycles. The Bertz CT molecular complexity index is 528. The van der Waals surface area contributed by atoms with Gasteiger partial charge in [-0.25, -0.2) is 4.98 Å². The van der Waals surface area contributed by atoms with E-state index in [4.69, 9.17) is 4.74 Å². The summed E-state index contributed by atoms with van der Waals surface area (Å²) in [5.74, 6) is 0.751. The molecule has 6 heteroatoms. The standard InChI is InChI=1S/C13H18N2O2S2/c1-4-7-18-13-14-10-8-9(2)19-11(10)12(16)15(13)5-6-17-3/h4,9H,1,5-8H2,2-3H3. The minimum atomic E-state index is 0.0722. The molecule has 0 saturated carbocycles. The predicted octanol–water partition coefficient (Wildman–Crippen LogP) is 2.20. The minimum Gasteiger partial charge on any atom is -0.383 e. The van der Waals surface area contributed by atoms with Crippen LogP contribution in [0.3, 0.4) is 0 Å². The van der Waals surface area contributed by atoms with Crippen molar-refractivity contribution in [3.63, 3.8) is 0 Å². The average molecular weight is 298 g/mol. The smallest absolute Gasteiger partial charge is 0.268 e. The van der Waals surface area contributed by atoms with Crippen molar-refractivity contribution in [3.8, 4) is 0 Å².